The van der Waals surface area contributed by atoms with E-state index in [9.17, 15) is 0 Å². The predicted octanol–water partition coefficient (Wildman–Crippen LogP) is 2.37. The minimum Gasteiger partial charge on any atom is -0.497 e. The number of hydrogen-bond acceptors (Lipinski definition) is 3. The summed E-state index contributed by atoms with van der Waals surface area (Å²) < 4.78 is 5.13. The number of ether oxygens (including phenoxy) is 1. The summed E-state index contributed by atoms with van der Waals surface area (Å²) in [6, 6.07) is 5.86. The summed E-state index contributed by atoms with van der Waals surface area (Å²) in [5.41, 5.74) is 7.93. The number of rotatable bonds is 5. The third-order valence-corrected chi connectivity index (χ3v) is 2.47. The molecule has 1 aromatic carbocycles. The maximum absolute atomic E-state index is 5.97. The summed E-state index contributed by atoms with van der Waals surface area (Å²) in [5.74, 6) is 1.48. The molecule has 0 aliphatic carbocycles. The average Bonchev–Trinajstić information content (AvgIpc) is 2.19. The van der Waals surface area contributed by atoms with E-state index >= 15 is 0 Å². The zero-order valence-electron chi connectivity index (χ0n) is 10.7. The van der Waals surface area contributed by atoms with E-state index < -0.39 is 0 Å². The molecule has 90 valence electrons. The molecule has 3 nitrogen and oxygen atoms in total. The van der Waals surface area contributed by atoms with Gasteiger partial charge in [-0.3, -0.25) is 0 Å². The van der Waals surface area contributed by atoms with Crippen molar-refractivity contribution in [2.24, 2.45) is 5.92 Å². The zero-order chi connectivity index (χ0) is 12.1. The van der Waals surface area contributed by atoms with E-state index in [2.05, 4.69) is 25.8 Å². The number of methoxy groups -OCH3 is 1. The normalized spacial score (nSPS) is 11.1. The summed E-state index contributed by atoms with van der Waals surface area (Å²) in [7, 11) is 3.77. The highest BCUT2D eigenvalue weighted by Gasteiger charge is 2.06. The highest BCUT2D eigenvalue weighted by atomic mass is 16.5. The molecule has 16 heavy (non-hydrogen) atoms. The van der Waals surface area contributed by atoms with E-state index in [1.165, 1.54) is 0 Å². The number of nitrogens with zero attached hydrogens (tertiary/aromatic N) is 1. The smallest absolute Gasteiger partial charge is 0.120 e. The van der Waals surface area contributed by atoms with Crippen LogP contribution in [0.5, 0.6) is 5.75 Å². The molecule has 0 fully saturated rings. The number of hydrogen-bond donors (Lipinski definition) is 1. The monoisotopic (exact) mass is 222 g/mol. The second-order valence-corrected chi connectivity index (χ2v) is 4.66. The van der Waals surface area contributed by atoms with Crippen LogP contribution in [0.3, 0.4) is 0 Å². The molecule has 0 aliphatic heterocycles. The Morgan fingerprint density at radius 2 is 2.06 bits per heavy atom. The van der Waals surface area contributed by atoms with Gasteiger partial charge in [-0.15, -0.1) is 0 Å². The van der Waals surface area contributed by atoms with Crippen molar-refractivity contribution >= 4 is 5.69 Å². The molecule has 0 saturated heterocycles. The van der Waals surface area contributed by atoms with Crippen LogP contribution in [0.15, 0.2) is 18.2 Å². The lowest BCUT2D eigenvalue weighted by atomic mass is 10.1. The first-order chi connectivity index (χ1) is 7.52. The highest BCUT2D eigenvalue weighted by molar-refractivity contribution is 5.51. The van der Waals surface area contributed by atoms with Crippen LogP contribution in [0.25, 0.3) is 0 Å². The minimum absolute atomic E-state index is 0.671. The summed E-state index contributed by atoms with van der Waals surface area (Å²) in [4.78, 5) is 2.28. The lowest BCUT2D eigenvalue weighted by molar-refractivity contribution is 0.289. The topological polar surface area (TPSA) is 38.5 Å². The van der Waals surface area contributed by atoms with E-state index in [4.69, 9.17) is 10.5 Å². The van der Waals surface area contributed by atoms with Crippen molar-refractivity contribution in [1.29, 1.82) is 0 Å². The molecule has 0 heterocycles. The molecule has 3 heteroatoms. The third kappa shape index (κ3) is 3.74. The minimum atomic E-state index is 0.671. The van der Waals surface area contributed by atoms with E-state index in [0.29, 0.717) is 5.92 Å². The predicted molar refractivity (Wildman–Crippen MR) is 68.6 cm³/mol. The highest BCUT2D eigenvalue weighted by Crippen LogP contribution is 2.20. The first kappa shape index (κ1) is 12.8. The molecule has 0 aliphatic rings. The SMILES string of the molecule is COc1ccc(CN(C)CC(C)C)c(N)c1. The van der Waals surface area contributed by atoms with E-state index in [0.717, 1.165) is 30.1 Å². The largest absolute Gasteiger partial charge is 0.497 e. The number of nitrogen functional groups attached to an aromatic ring is 1. The Hall–Kier alpha value is -1.22. The van der Waals surface area contributed by atoms with Gasteiger partial charge in [0.1, 0.15) is 5.75 Å². The van der Waals surface area contributed by atoms with Gasteiger partial charge in [0.25, 0.3) is 0 Å². The van der Waals surface area contributed by atoms with Crippen LogP contribution in [-0.2, 0) is 6.54 Å². The standard InChI is InChI=1S/C13H22N2O/c1-10(2)8-15(3)9-11-5-6-12(16-4)7-13(11)14/h5-7,10H,8-9,14H2,1-4H3. The van der Waals surface area contributed by atoms with Gasteiger partial charge in [0.2, 0.25) is 0 Å². The molecule has 0 atom stereocenters. The van der Waals surface area contributed by atoms with Crippen molar-refractivity contribution in [1.82, 2.24) is 4.90 Å². The molecular weight excluding hydrogens is 200 g/mol. The lowest BCUT2D eigenvalue weighted by Crippen LogP contribution is -2.23. The maximum Gasteiger partial charge on any atom is 0.120 e. The Balaban J connectivity index is 2.66. The number of anilines is 1. The molecular formula is C13H22N2O. The van der Waals surface area contributed by atoms with Gasteiger partial charge in [0.15, 0.2) is 0 Å². The van der Waals surface area contributed by atoms with Crippen LogP contribution in [0.2, 0.25) is 0 Å². The number of nitrogens with two attached hydrogens (primary N) is 1. The quantitative estimate of drug-likeness (QED) is 0.777. The zero-order valence-corrected chi connectivity index (χ0v) is 10.7. The van der Waals surface area contributed by atoms with Gasteiger partial charge in [0.05, 0.1) is 7.11 Å². The van der Waals surface area contributed by atoms with Crippen LogP contribution in [0.1, 0.15) is 19.4 Å². The van der Waals surface area contributed by atoms with Crippen molar-refractivity contribution in [2.75, 3.05) is 26.4 Å². The van der Waals surface area contributed by atoms with Crippen molar-refractivity contribution < 1.29 is 4.74 Å². The van der Waals surface area contributed by atoms with E-state index in [1.54, 1.807) is 7.11 Å². The molecule has 0 spiro atoms. The van der Waals surface area contributed by atoms with Gasteiger partial charge in [0, 0.05) is 24.8 Å². The van der Waals surface area contributed by atoms with Gasteiger partial charge >= 0.3 is 0 Å². The van der Waals surface area contributed by atoms with Crippen LogP contribution < -0.4 is 10.5 Å². The van der Waals surface area contributed by atoms with Gasteiger partial charge < -0.3 is 15.4 Å². The van der Waals surface area contributed by atoms with Crippen molar-refractivity contribution in [3.63, 3.8) is 0 Å². The summed E-state index contributed by atoms with van der Waals surface area (Å²) in [5, 5.41) is 0. The molecule has 0 amide bonds. The van der Waals surface area contributed by atoms with E-state index in [1.807, 2.05) is 18.2 Å². The molecule has 0 saturated carbocycles. The lowest BCUT2D eigenvalue weighted by Gasteiger charge is -2.20. The van der Waals surface area contributed by atoms with Gasteiger partial charge in [-0.2, -0.15) is 0 Å². The summed E-state index contributed by atoms with van der Waals surface area (Å²) >= 11 is 0. The fourth-order valence-electron chi connectivity index (χ4n) is 1.82. The molecule has 0 radical (unpaired) electrons. The molecule has 2 N–H and O–H groups in total. The second kappa shape index (κ2) is 5.75. The Morgan fingerprint density at radius 3 is 2.56 bits per heavy atom. The van der Waals surface area contributed by atoms with Crippen molar-refractivity contribution in [3.8, 4) is 5.75 Å². The first-order valence-corrected chi connectivity index (χ1v) is 5.64. The van der Waals surface area contributed by atoms with Gasteiger partial charge in [-0.1, -0.05) is 19.9 Å². The van der Waals surface area contributed by atoms with Crippen molar-refractivity contribution in [3.05, 3.63) is 23.8 Å². The van der Waals surface area contributed by atoms with E-state index in [-0.39, 0.29) is 0 Å². The molecule has 0 aromatic heterocycles. The van der Waals surface area contributed by atoms with Crippen LogP contribution in [-0.4, -0.2) is 25.6 Å². The summed E-state index contributed by atoms with van der Waals surface area (Å²) in [6.07, 6.45) is 0. The van der Waals surface area contributed by atoms with Crippen molar-refractivity contribution in [2.45, 2.75) is 20.4 Å². The molecule has 1 aromatic rings. The number of benzene rings is 1. The Labute approximate surface area is 98.2 Å². The first-order valence-electron chi connectivity index (χ1n) is 5.64. The average molecular weight is 222 g/mol. The third-order valence-electron chi connectivity index (χ3n) is 2.47. The van der Waals surface area contributed by atoms with Crippen LogP contribution >= 0.6 is 0 Å². The van der Waals surface area contributed by atoms with Crippen LogP contribution in [0.4, 0.5) is 5.69 Å². The maximum atomic E-state index is 5.97. The van der Waals surface area contributed by atoms with Gasteiger partial charge in [-0.05, 0) is 24.6 Å². The molecule has 0 unspecified atom stereocenters. The molecule has 0 bridgehead atoms. The Bertz CT molecular complexity index is 337. The fraction of sp³-hybridized carbons (Fsp3) is 0.538. The molecule has 1 rings (SSSR count). The second-order valence-electron chi connectivity index (χ2n) is 4.66. The Kier molecular flexibility index (Phi) is 4.62. The Morgan fingerprint density at radius 1 is 1.38 bits per heavy atom. The van der Waals surface area contributed by atoms with Gasteiger partial charge in [-0.25, -0.2) is 0 Å². The summed E-state index contributed by atoms with van der Waals surface area (Å²) in [6.45, 7) is 6.39. The van der Waals surface area contributed by atoms with Crippen LogP contribution in [0, 0.1) is 5.92 Å². The fourth-order valence-corrected chi connectivity index (χ4v) is 1.82.